The molecule has 0 bridgehead atoms. The molecule has 1 aromatic carbocycles. The fourth-order valence-electron chi connectivity index (χ4n) is 2.86. The van der Waals surface area contributed by atoms with Gasteiger partial charge in [-0.2, -0.15) is 0 Å². The topological polar surface area (TPSA) is 55.8 Å². The third-order valence-corrected chi connectivity index (χ3v) is 4.98. The quantitative estimate of drug-likeness (QED) is 0.204. The second-order valence-electron chi connectivity index (χ2n) is 6.60. The maximum Gasteiger partial charge on any atom is 0.341 e. The van der Waals surface area contributed by atoms with Gasteiger partial charge in [-0.15, -0.1) is 0 Å². The number of carbonyl (C=O) groups is 1. The van der Waals surface area contributed by atoms with Crippen molar-refractivity contribution in [2.45, 2.75) is 70.6 Å². The van der Waals surface area contributed by atoms with Crippen molar-refractivity contribution < 1.29 is 19.4 Å². The van der Waals surface area contributed by atoms with Gasteiger partial charge in [-0.1, -0.05) is 73.7 Å². The van der Waals surface area contributed by atoms with Gasteiger partial charge in [0.1, 0.15) is 17.1 Å². The minimum atomic E-state index is -0.548. The summed E-state index contributed by atoms with van der Waals surface area (Å²) < 4.78 is 10.2. The third-order valence-electron chi connectivity index (χ3n) is 4.42. The van der Waals surface area contributed by atoms with Gasteiger partial charge < -0.3 is 14.6 Å². The summed E-state index contributed by atoms with van der Waals surface area (Å²) in [7, 11) is 1.29. The van der Waals surface area contributed by atoms with Crippen LogP contribution in [0, 0.1) is 0 Å². The van der Waals surface area contributed by atoms with Crippen LogP contribution in [0.2, 0.25) is 0 Å². The molecule has 0 atom stereocenters. The Kier molecular flexibility index (Phi) is 13.1. The monoisotopic (exact) mass is 428 g/mol. The molecule has 26 heavy (non-hydrogen) atoms. The number of halogens is 1. The lowest BCUT2D eigenvalue weighted by atomic mass is 10.1. The summed E-state index contributed by atoms with van der Waals surface area (Å²) in [5, 5.41) is 10.9. The van der Waals surface area contributed by atoms with Gasteiger partial charge in [0.2, 0.25) is 0 Å². The van der Waals surface area contributed by atoms with Gasteiger partial charge >= 0.3 is 5.97 Å². The number of phenolic OH excluding ortho intramolecular Hbond substituents is 1. The van der Waals surface area contributed by atoms with E-state index in [1.807, 2.05) is 0 Å². The predicted molar refractivity (Wildman–Crippen MR) is 110 cm³/mol. The largest absolute Gasteiger partial charge is 0.507 e. The van der Waals surface area contributed by atoms with Crippen molar-refractivity contribution in [3.63, 3.8) is 0 Å². The lowest BCUT2D eigenvalue weighted by Gasteiger charge is -2.08. The van der Waals surface area contributed by atoms with Crippen LogP contribution in [0.5, 0.6) is 11.5 Å². The molecule has 0 spiro atoms. The number of rotatable bonds is 15. The van der Waals surface area contributed by atoms with Crippen LogP contribution in [0.3, 0.4) is 0 Å². The Morgan fingerprint density at radius 1 is 0.923 bits per heavy atom. The lowest BCUT2D eigenvalue weighted by Crippen LogP contribution is -2.02. The molecular weight excluding hydrogens is 396 g/mol. The zero-order valence-corrected chi connectivity index (χ0v) is 17.6. The zero-order valence-electron chi connectivity index (χ0n) is 16.0. The molecule has 0 unspecified atom stereocenters. The number of aromatic hydroxyl groups is 1. The molecule has 0 aliphatic heterocycles. The number of hydrogen-bond donors (Lipinski definition) is 1. The Labute approximate surface area is 166 Å². The van der Waals surface area contributed by atoms with Gasteiger partial charge in [-0.3, -0.25) is 0 Å². The highest BCUT2D eigenvalue weighted by Crippen LogP contribution is 2.24. The molecule has 0 saturated carbocycles. The SMILES string of the molecule is COC(=O)c1ccc(OCCCCCCCCCCCCCBr)cc1O. The molecule has 1 aromatic rings. The molecule has 1 N–H and O–H groups in total. The Morgan fingerprint density at radius 2 is 1.46 bits per heavy atom. The summed E-state index contributed by atoms with van der Waals surface area (Å²) in [5.41, 5.74) is 0.156. The van der Waals surface area contributed by atoms with E-state index in [2.05, 4.69) is 20.7 Å². The maximum absolute atomic E-state index is 11.4. The molecule has 0 fully saturated rings. The van der Waals surface area contributed by atoms with Crippen molar-refractivity contribution >= 4 is 21.9 Å². The molecule has 0 aliphatic carbocycles. The van der Waals surface area contributed by atoms with Crippen LogP contribution in [0.15, 0.2) is 18.2 Å². The molecule has 0 saturated heterocycles. The molecule has 148 valence electrons. The standard InChI is InChI=1S/C21H33BrO4/c1-25-21(24)19-14-13-18(17-20(19)23)26-16-12-10-8-6-4-2-3-5-7-9-11-15-22/h13-14,17,23H,2-12,15-16H2,1H3. The van der Waals surface area contributed by atoms with Crippen molar-refractivity contribution in [1.29, 1.82) is 0 Å². The summed E-state index contributed by atoms with van der Waals surface area (Å²) in [6.45, 7) is 0.630. The molecule has 0 aromatic heterocycles. The van der Waals surface area contributed by atoms with E-state index < -0.39 is 5.97 Å². The Balaban J connectivity index is 1.99. The lowest BCUT2D eigenvalue weighted by molar-refractivity contribution is 0.0597. The number of methoxy groups -OCH3 is 1. The first kappa shape index (κ1) is 22.8. The van der Waals surface area contributed by atoms with Crippen LogP contribution in [0.4, 0.5) is 0 Å². The van der Waals surface area contributed by atoms with E-state index in [4.69, 9.17) is 4.74 Å². The summed E-state index contributed by atoms with van der Waals surface area (Å²) in [4.78, 5) is 11.4. The van der Waals surface area contributed by atoms with E-state index in [1.165, 1.54) is 77.0 Å². The van der Waals surface area contributed by atoms with Gasteiger partial charge in [0.25, 0.3) is 0 Å². The molecule has 0 amide bonds. The second kappa shape index (κ2) is 14.9. The van der Waals surface area contributed by atoms with Crippen LogP contribution < -0.4 is 4.74 Å². The van der Waals surface area contributed by atoms with Crippen molar-refractivity contribution in [1.82, 2.24) is 0 Å². The Morgan fingerprint density at radius 3 is 1.96 bits per heavy atom. The van der Waals surface area contributed by atoms with Gasteiger partial charge in [-0.25, -0.2) is 4.79 Å². The molecule has 0 aliphatic rings. The molecule has 4 nitrogen and oxygen atoms in total. The highest BCUT2D eigenvalue weighted by atomic mass is 79.9. The summed E-state index contributed by atoms with van der Waals surface area (Å²) in [6, 6.07) is 4.67. The van der Waals surface area contributed by atoms with Gasteiger partial charge in [0.15, 0.2) is 0 Å². The number of phenols is 1. The molecule has 0 heterocycles. The van der Waals surface area contributed by atoms with Crippen LogP contribution in [-0.4, -0.2) is 30.1 Å². The Bertz CT molecular complexity index is 505. The normalized spacial score (nSPS) is 10.7. The molecule has 5 heteroatoms. The predicted octanol–water partition coefficient (Wildman–Crippen LogP) is 6.24. The number of ether oxygens (including phenoxy) is 2. The minimum Gasteiger partial charge on any atom is -0.507 e. The van der Waals surface area contributed by atoms with E-state index in [0.717, 1.165) is 18.2 Å². The van der Waals surface area contributed by atoms with Crippen LogP contribution in [0.25, 0.3) is 0 Å². The average molecular weight is 429 g/mol. The van der Waals surface area contributed by atoms with Crippen LogP contribution >= 0.6 is 15.9 Å². The summed E-state index contributed by atoms with van der Waals surface area (Å²) in [6.07, 6.45) is 14.2. The van der Waals surface area contributed by atoms with E-state index in [-0.39, 0.29) is 11.3 Å². The van der Waals surface area contributed by atoms with Crippen molar-refractivity contribution in [2.24, 2.45) is 0 Å². The first-order chi connectivity index (χ1) is 12.7. The fraction of sp³-hybridized carbons (Fsp3) is 0.667. The van der Waals surface area contributed by atoms with Crippen molar-refractivity contribution in [3.05, 3.63) is 23.8 Å². The van der Waals surface area contributed by atoms with Crippen LogP contribution in [-0.2, 0) is 4.74 Å². The number of alkyl halides is 1. The first-order valence-electron chi connectivity index (χ1n) is 9.79. The van der Waals surface area contributed by atoms with Crippen molar-refractivity contribution in [3.8, 4) is 11.5 Å². The van der Waals surface area contributed by atoms with Crippen LogP contribution in [0.1, 0.15) is 81.0 Å². The van der Waals surface area contributed by atoms with Gasteiger partial charge in [0.05, 0.1) is 13.7 Å². The third kappa shape index (κ3) is 10.0. The fourth-order valence-corrected chi connectivity index (χ4v) is 3.26. The Hall–Kier alpha value is -1.23. The summed E-state index contributed by atoms with van der Waals surface area (Å²) in [5.74, 6) is -0.0791. The maximum atomic E-state index is 11.4. The van der Waals surface area contributed by atoms with Crippen molar-refractivity contribution in [2.75, 3.05) is 19.0 Å². The minimum absolute atomic E-state index is 0.110. The smallest absolute Gasteiger partial charge is 0.341 e. The van der Waals surface area contributed by atoms with Gasteiger partial charge in [-0.05, 0) is 25.0 Å². The second-order valence-corrected chi connectivity index (χ2v) is 7.39. The first-order valence-corrected chi connectivity index (χ1v) is 10.9. The number of hydrogen-bond acceptors (Lipinski definition) is 4. The number of carbonyl (C=O) groups excluding carboxylic acids is 1. The van der Waals surface area contributed by atoms with E-state index in [0.29, 0.717) is 12.4 Å². The summed E-state index contributed by atoms with van der Waals surface area (Å²) >= 11 is 3.47. The molecular formula is C21H33BrO4. The highest BCUT2D eigenvalue weighted by Gasteiger charge is 2.11. The average Bonchev–Trinajstić information content (AvgIpc) is 2.65. The van der Waals surface area contributed by atoms with E-state index >= 15 is 0 Å². The number of esters is 1. The molecule has 1 rings (SSSR count). The number of benzene rings is 1. The van der Waals surface area contributed by atoms with Gasteiger partial charge in [0, 0.05) is 11.4 Å². The zero-order chi connectivity index (χ0) is 19.0. The van der Waals surface area contributed by atoms with E-state index in [9.17, 15) is 9.90 Å². The molecule has 0 radical (unpaired) electrons. The van der Waals surface area contributed by atoms with E-state index in [1.54, 1.807) is 6.07 Å². The number of unbranched alkanes of at least 4 members (excludes halogenated alkanes) is 10. The highest BCUT2D eigenvalue weighted by molar-refractivity contribution is 9.09.